The number of nitroso groups, excluding NO2 is 1. The fourth-order valence-electron chi connectivity index (χ4n) is 1.41. The molecule has 0 saturated heterocycles. The van der Waals surface area contributed by atoms with Crippen LogP contribution in [-0.2, 0) is 6.61 Å². The highest BCUT2D eigenvalue weighted by atomic mass is 19.1. The number of hydrogen-bond donors (Lipinski definition) is 0. The van der Waals surface area contributed by atoms with Gasteiger partial charge in [0, 0.05) is 7.05 Å². The number of halogens is 2. The van der Waals surface area contributed by atoms with Gasteiger partial charge < -0.3 is 4.74 Å². The molecule has 0 atom stereocenters. The van der Waals surface area contributed by atoms with Gasteiger partial charge in [-0.25, -0.2) is 18.8 Å². The van der Waals surface area contributed by atoms with Crippen molar-refractivity contribution in [3.63, 3.8) is 0 Å². The van der Waals surface area contributed by atoms with Crippen molar-refractivity contribution >= 4 is 5.82 Å². The molecule has 0 aliphatic heterocycles. The molecule has 0 saturated carbocycles. The number of rotatable bonds is 5. The highest BCUT2D eigenvalue weighted by Gasteiger charge is 2.12. The summed E-state index contributed by atoms with van der Waals surface area (Å²) in [5.74, 6) is -1.43. The van der Waals surface area contributed by atoms with E-state index in [1.807, 2.05) is 0 Å². The van der Waals surface area contributed by atoms with Gasteiger partial charge in [0.15, 0.2) is 11.6 Å². The number of ether oxygens (including phenoxy) is 1. The van der Waals surface area contributed by atoms with Gasteiger partial charge in [0.25, 0.3) is 0 Å². The zero-order valence-corrected chi connectivity index (χ0v) is 10.5. The maximum atomic E-state index is 13.4. The van der Waals surface area contributed by atoms with Crippen molar-refractivity contribution < 1.29 is 13.5 Å². The van der Waals surface area contributed by atoms with Gasteiger partial charge in [-0.3, -0.25) is 0 Å². The topological polar surface area (TPSA) is 67.7 Å². The summed E-state index contributed by atoms with van der Waals surface area (Å²) < 4.78 is 31.3. The Labute approximate surface area is 113 Å². The molecule has 8 heteroatoms. The molecule has 0 amide bonds. The molecule has 0 radical (unpaired) electrons. The van der Waals surface area contributed by atoms with Crippen LogP contribution < -0.4 is 9.75 Å². The van der Waals surface area contributed by atoms with Crippen LogP contribution in [0.1, 0.15) is 5.56 Å². The minimum absolute atomic E-state index is 0.0869. The first kappa shape index (κ1) is 13.8. The molecule has 0 spiro atoms. The Hall–Kier alpha value is -2.64. The van der Waals surface area contributed by atoms with E-state index in [1.54, 1.807) is 12.1 Å². The zero-order chi connectivity index (χ0) is 14.5. The molecule has 0 unspecified atom stereocenters. The predicted octanol–water partition coefficient (Wildman–Crippen LogP) is 2.45. The van der Waals surface area contributed by atoms with Crippen LogP contribution >= 0.6 is 0 Å². The second kappa shape index (κ2) is 6.00. The van der Waals surface area contributed by atoms with E-state index in [2.05, 4.69) is 15.3 Å². The van der Waals surface area contributed by atoms with E-state index in [9.17, 15) is 13.7 Å². The van der Waals surface area contributed by atoms with Crippen molar-refractivity contribution in [1.29, 1.82) is 0 Å². The van der Waals surface area contributed by atoms with Crippen LogP contribution in [0.5, 0.6) is 6.01 Å². The van der Waals surface area contributed by atoms with Crippen LogP contribution in [0.15, 0.2) is 35.7 Å². The third kappa shape index (κ3) is 3.22. The third-order valence-corrected chi connectivity index (χ3v) is 2.41. The summed E-state index contributed by atoms with van der Waals surface area (Å²) in [6, 6.07) is 5.55. The average molecular weight is 280 g/mol. The quantitative estimate of drug-likeness (QED) is 0.621. The first-order valence-electron chi connectivity index (χ1n) is 5.57. The van der Waals surface area contributed by atoms with Crippen molar-refractivity contribution in [1.82, 2.24) is 9.97 Å². The molecular formula is C12H10F2N4O2. The van der Waals surface area contributed by atoms with Gasteiger partial charge in [0.2, 0.25) is 0 Å². The summed E-state index contributed by atoms with van der Waals surface area (Å²) in [4.78, 5) is 17.7. The Bertz CT molecular complexity index is 607. The second-order valence-corrected chi connectivity index (χ2v) is 3.84. The summed E-state index contributed by atoms with van der Waals surface area (Å²) in [6.07, 6.45) is 0.879. The van der Waals surface area contributed by atoms with Crippen molar-refractivity contribution in [3.8, 4) is 6.01 Å². The maximum absolute atomic E-state index is 13.4. The van der Waals surface area contributed by atoms with Crippen LogP contribution in [0, 0.1) is 16.5 Å². The highest BCUT2D eigenvalue weighted by molar-refractivity contribution is 5.37. The lowest BCUT2D eigenvalue weighted by Gasteiger charge is -2.10. The molecule has 1 aromatic carbocycles. The van der Waals surface area contributed by atoms with Gasteiger partial charge in [0.1, 0.15) is 12.4 Å². The summed E-state index contributed by atoms with van der Waals surface area (Å²) in [6.45, 7) is 0.0869. The molecular weight excluding hydrogens is 270 g/mol. The van der Waals surface area contributed by atoms with E-state index in [0.717, 1.165) is 11.2 Å². The number of benzene rings is 1. The van der Waals surface area contributed by atoms with Crippen molar-refractivity contribution in [2.75, 3.05) is 12.1 Å². The predicted molar refractivity (Wildman–Crippen MR) is 66.9 cm³/mol. The molecule has 20 heavy (non-hydrogen) atoms. The maximum Gasteiger partial charge on any atom is 0.318 e. The highest BCUT2D eigenvalue weighted by Crippen LogP contribution is 2.17. The van der Waals surface area contributed by atoms with E-state index in [0.29, 0.717) is 5.56 Å². The van der Waals surface area contributed by atoms with Crippen LogP contribution in [0.2, 0.25) is 0 Å². The Morgan fingerprint density at radius 1 is 1.30 bits per heavy atom. The van der Waals surface area contributed by atoms with E-state index in [1.165, 1.54) is 19.2 Å². The van der Waals surface area contributed by atoms with Crippen molar-refractivity contribution in [3.05, 3.63) is 52.6 Å². The molecule has 0 bridgehead atoms. The van der Waals surface area contributed by atoms with Crippen LogP contribution in [0.3, 0.4) is 0 Å². The fraction of sp³-hybridized carbons (Fsp3) is 0.167. The van der Waals surface area contributed by atoms with Crippen LogP contribution in [0.25, 0.3) is 0 Å². The fourth-order valence-corrected chi connectivity index (χ4v) is 1.41. The van der Waals surface area contributed by atoms with E-state index < -0.39 is 5.82 Å². The van der Waals surface area contributed by atoms with Gasteiger partial charge in [-0.15, -0.1) is 4.91 Å². The minimum Gasteiger partial charge on any atom is -0.459 e. The van der Waals surface area contributed by atoms with E-state index in [4.69, 9.17) is 4.74 Å². The monoisotopic (exact) mass is 280 g/mol. The molecule has 1 heterocycles. The first-order chi connectivity index (χ1) is 9.60. The number of anilines is 1. The Morgan fingerprint density at radius 3 is 2.65 bits per heavy atom. The summed E-state index contributed by atoms with van der Waals surface area (Å²) in [5, 5.41) is 3.27. The molecule has 6 nitrogen and oxygen atoms in total. The van der Waals surface area contributed by atoms with Gasteiger partial charge in [-0.05, 0) is 17.7 Å². The molecule has 104 valence electrons. The Balaban J connectivity index is 2.10. The first-order valence-corrected chi connectivity index (χ1v) is 5.57. The summed E-state index contributed by atoms with van der Waals surface area (Å²) >= 11 is 0. The van der Waals surface area contributed by atoms with Gasteiger partial charge in [-0.1, -0.05) is 12.1 Å². The molecule has 0 aliphatic rings. The summed E-state index contributed by atoms with van der Waals surface area (Å²) in [5.41, 5.74) is 0.697. The van der Waals surface area contributed by atoms with Gasteiger partial charge >= 0.3 is 6.01 Å². The lowest BCUT2D eigenvalue weighted by atomic mass is 10.2. The summed E-state index contributed by atoms with van der Waals surface area (Å²) in [7, 11) is 1.25. The number of nitrogens with zero attached hydrogens (tertiary/aromatic N) is 4. The number of hydrogen-bond acceptors (Lipinski definition) is 5. The van der Waals surface area contributed by atoms with E-state index >= 15 is 0 Å². The molecule has 2 rings (SSSR count). The molecule has 0 N–H and O–H groups in total. The molecule has 2 aromatic rings. The largest absolute Gasteiger partial charge is 0.459 e. The molecule has 0 fully saturated rings. The van der Waals surface area contributed by atoms with Crippen molar-refractivity contribution in [2.24, 2.45) is 5.29 Å². The minimum atomic E-state index is -0.791. The van der Waals surface area contributed by atoms with E-state index in [-0.39, 0.29) is 24.3 Å². The van der Waals surface area contributed by atoms with Crippen molar-refractivity contribution in [2.45, 2.75) is 6.61 Å². The average Bonchev–Trinajstić information content (AvgIpc) is 2.47. The van der Waals surface area contributed by atoms with Crippen LogP contribution in [0.4, 0.5) is 14.6 Å². The Morgan fingerprint density at radius 2 is 2.00 bits per heavy atom. The molecule has 1 aromatic heterocycles. The smallest absolute Gasteiger partial charge is 0.318 e. The molecule has 0 aliphatic carbocycles. The number of aromatic nitrogens is 2. The van der Waals surface area contributed by atoms with Gasteiger partial charge in [0.05, 0.1) is 11.5 Å². The zero-order valence-electron chi connectivity index (χ0n) is 10.5. The standard InChI is InChI=1S/C12H10F2N4O2/c1-18(17-19)11-10(14)6-15-12(16-11)20-7-8-2-4-9(13)5-3-8/h2-6H,7H2,1H3. The normalized spacial score (nSPS) is 10.2. The van der Waals surface area contributed by atoms with Crippen LogP contribution in [-0.4, -0.2) is 17.0 Å². The van der Waals surface area contributed by atoms with Gasteiger partial charge in [-0.2, -0.15) is 4.98 Å². The third-order valence-electron chi connectivity index (χ3n) is 2.41. The second-order valence-electron chi connectivity index (χ2n) is 3.84. The lowest BCUT2D eigenvalue weighted by molar-refractivity contribution is 0.279. The Kier molecular flexibility index (Phi) is 4.14. The lowest BCUT2D eigenvalue weighted by Crippen LogP contribution is -2.12. The SMILES string of the molecule is CN(N=O)c1nc(OCc2ccc(F)cc2)ncc1F.